The van der Waals surface area contributed by atoms with Gasteiger partial charge in [-0.25, -0.2) is 13.2 Å². The number of carbonyl (C=O) groups is 2. The van der Waals surface area contributed by atoms with Crippen LogP contribution in [0, 0.1) is 0 Å². The first-order valence-electron chi connectivity index (χ1n) is 4.03. The second kappa shape index (κ2) is 5.08. The number of aliphatic hydroxyl groups excluding tert-OH is 1. The van der Waals surface area contributed by atoms with Gasteiger partial charge in [-0.3, -0.25) is 4.79 Å². The highest BCUT2D eigenvalue weighted by Gasteiger charge is 2.24. The summed E-state index contributed by atoms with van der Waals surface area (Å²) < 4.78 is 21.8. The van der Waals surface area contributed by atoms with Crippen molar-refractivity contribution in [3.8, 4) is 0 Å². The number of aliphatic hydroxyl groups is 1. The molecule has 7 nitrogen and oxygen atoms in total. The van der Waals surface area contributed by atoms with E-state index in [0.29, 0.717) is 0 Å². The molecule has 0 radical (unpaired) electrons. The van der Waals surface area contributed by atoms with Crippen molar-refractivity contribution in [3.63, 3.8) is 0 Å². The molecule has 0 bridgehead atoms. The summed E-state index contributed by atoms with van der Waals surface area (Å²) >= 11 is 0. The van der Waals surface area contributed by atoms with Crippen molar-refractivity contribution < 1.29 is 28.2 Å². The number of amides is 1. The molecular formula is C7H13NO6S. The van der Waals surface area contributed by atoms with E-state index in [2.05, 4.69) is 0 Å². The number of nitrogens with one attached hydrogen (secondary N) is 1. The van der Waals surface area contributed by atoms with Crippen LogP contribution in [0.15, 0.2) is 0 Å². The van der Waals surface area contributed by atoms with Gasteiger partial charge in [-0.1, -0.05) is 0 Å². The largest absolute Gasteiger partial charge is 0.479 e. The summed E-state index contributed by atoms with van der Waals surface area (Å²) in [6.07, 6.45) is -0.842. The van der Waals surface area contributed by atoms with E-state index in [1.54, 1.807) is 0 Å². The zero-order chi connectivity index (χ0) is 12.2. The molecule has 2 unspecified atom stereocenters. The van der Waals surface area contributed by atoms with Gasteiger partial charge >= 0.3 is 5.97 Å². The summed E-state index contributed by atoms with van der Waals surface area (Å²) in [6.45, 7) is 0.659. The Kier molecular flexibility index (Phi) is 4.69. The second-order valence-electron chi connectivity index (χ2n) is 3.07. The zero-order valence-electron chi connectivity index (χ0n) is 8.30. The first-order chi connectivity index (χ1) is 6.66. The van der Waals surface area contributed by atoms with Gasteiger partial charge in [-0.2, -0.15) is 0 Å². The third kappa shape index (κ3) is 4.75. The molecular weight excluding hydrogens is 226 g/mol. The topological polar surface area (TPSA) is 121 Å². The number of aliphatic carboxylic acids is 1. The predicted molar refractivity (Wildman–Crippen MR) is 51.0 cm³/mol. The van der Waals surface area contributed by atoms with Gasteiger partial charge in [0, 0.05) is 6.26 Å². The average Bonchev–Trinajstić information content (AvgIpc) is 2.10. The van der Waals surface area contributed by atoms with Crippen molar-refractivity contribution in [2.75, 3.05) is 12.8 Å². The molecule has 0 aliphatic heterocycles. The van der Waals surface area contributed by atoms with Gasteiger partial charge < -0.3 is 15.5 Å². The first-order valence-corrected chi connectivity index (χ1v) is 5.99. The number of carboxylic acid groups (broad SMARTS) is 1. The van der Waals surface area contributed by atoms with Gasteiger partial charge in [0.2, 0.25) is 5.91 Å². The molecule has 0 saturated carbocycles. The van der Waals surface area contributed by atoms with Crippen molar-refractivity contribution in [3.05, 3.63) is 0 Å². The van der Waals surface area contributed by atoms with Crippen LogP contribution < -0.4 is 5.32 Å². The molecule has 0 aliphatic rings. The van der Waals surface area contributed by atoms with Crippen LogP contribution in [0.5, 0.6) is 0 Å². The van der Waals surface area contributed by atoms with E-state index < -0.39 is 39.6 Å². The lowest BCUT2D eigenvalue weighted by Gasteiger charge is -2.11. The third-order valence-electron chi connectivity index (χ3n) is 1.77. The van der Waals surface area contributed by atoms with Crippen LogP contribution in [0.4, 0.5) is 0 Å². The molecule has 88 valence electrons. The Bertz CT molecular complexity index is 348. The van der Waals surface area contributed by atoms with Crippen LogP contribution in [-0.4, -0.2) is 54.7 Å². The van der Waals surface area contributed by atoms with Crippen molar-refractivity contribution in [2.45, 2.75) is 18.3 Å². The summed E-state index contributed by atoms with van der Waals surface area (Å²) in [5, 5.41) is 17.8. The Morgan fingerprint density at radius 2 is 1.87 bits per heavy atom. The number of sulfone groups is 1. The fraction of sp³-hybridized carbons (Fsp3) is 0.714. The maximum Gasteiger partial charge on any atom is 0.334 e. The van der Waals surface area contributed by atoms with Crippen molar-refractivity contribution in [2.24, 2.45) is 0 Å². The molecule has 0 aromatic carbocycles. The van der Waals surface area contributed by atoms with E-state index in [9.17, 15) is 18.0 Å². The molecule has 0 heterocycles. The summed E-state index contributed by atoms with van der Waals surface area (Å²) in [5.74, 6) is -2.32. The Balaban J connectivity index is 4.23. The summed E-state index contributed by atoms with van der Waals surface area (Å²) in [6, 6.07) is 0. The van der Waals surface area contributed by atoms with Gasteiger partial charge in [-0.05, 0) is 6.92 Å². The van der Waals surface area contributed by atoms with E-state index in [1.807, 2.05) is 5.32 Å². The maximum atomic E-state index is 11.1. The number of carboxylic acids is 1. The quantitative estimate of drug-likeness (QED) is 0.509. The monoisotopic (exact) mass is 239 g/mol. The van der Waals surface area contributed by atoms with Crippen LogP contribution in [0.2, 0.25) is 0 Å². The lowest BCUT2D eigenvalue weighted by atomic mass is 10.3. The van der Waals surface area contributed by atoms with Gasteiger partial charge in [0.1, 0.15) is 5.25 Å². The average molecular weight is 239 g/mol. The highest BCUT2D eigenvalue weighted by atomic mass is 32.2. The molecule has 0 aliphatic carbocycles. The van der Waals surface area contributed by atoms with E-state index in [4.69, 9.17) is 10.2 Å². The zero-order valence-corrected chi connectivity index (χ0v) is 9.11. The van der Waals surface area contributed by atoms with Crippen molar-refractivity contribution in [1.29, 1.82) is 0 Å². The highest BCUT2D eigenvalue weighted by molar-refractivity contribution is 7.92. The Morgan fingerprint density at radius 3 is 2.20 bits per heavy atom. The number of carbonyl (C=O) groups excluding carboxylic acids is 1. The summed E-state index contributed by atoms with van der Waals surface area (Å²) in [5.41, 5.74) is 0. The molecule has 8 heteroatoms. The Labute approximate surface area is 87.0 Å². The molecule has 0 saturated heterocycles. The van der Waals surface area contributed by atoms with Gasteiger partial charge in [0.25, 0.3) is 0 Å². The first kappa shape index (κ1) is 13.8. The van der Waals surface area contributed by atoms with Crippen LogP contribution in [0.3, 0.4) is 0 Å². The predicted octanol–water partition coefficient (Wildman–Crippen LogP) is -2.02. The van der Waals surface area contributed by atoms with Gasteiger partial charge in [-0.15, -0.1) is 0 Å². The lowest BCUT2D eigenvalue weighted by Crippen LogP contribution is -2.42. The fourth-order valence-electron chi connectivity index (χ4n) is 0.623. The van der Waals surface area contributed by atoms with Crippen LogP contribution in [0.1, 0.15) is 6.92 Å². The normalized spacial score (nSPS) is 15.4. The smallest absolute Gasteiger partial charge is 0.334 e. The molecule has 1 amide bonds. The molecule has 0 spiro atoms. The minimum Gasteiger partial charge on any atom is -0.479 e. The van der Waals surface area contributed by atoms with E-state index in [0.717, 1.165) is 6.26 Å². The van der Waals surface area contributed by atoms with E-state index in [-0.39, 0.29) is 0 Å². The molecule has 0 aromatic rings. The lowest BCUT2D eigenvalue weighted by molar-refractivity contribution is -0.146. The van der Waals surface area contributed by atoms with Crippen molar-refractivity contribution >= 4 is 21.7 Å². The minimum atomic E-state index is -3.51. The summed E-state index contributed by atoms with van der Waals surface area (Å²) in [4.78, 5) is 21.3. The van der Waals surface area contributed by atoms with Gasteiger partial charge in [0.05, 0.1) is 6.54 Å². The molecule has 15 heavy (non-hydrogen) atoms. The highest BCUT2D eigenvalue weighted by Crippen LogP contribution is 1.97. The Hall–Kier alpha value is -1.15. The van der Waals surface area contributed by atoms with Crippen LogP contribution in [-0.2, 0) is 19.4 Å². The van der Waals surface area contributed by atoms with Crippen molar-refractivity contribution in [1.82, 2.24) is 5.32 Å². The third-order valence-corrected chi connectivity index (χ3v) is 3.26. The molecule has 0 aromatic heterocycles. The van der Waals surface area contributed by atoms with Gasteiger partial charge in [0.15, 0.2) is 15.9 Å². The molecule has 2 atom stereocenters. The van der Waals surface area contributed by atoms with E-state index >= 15 is 0 Å². The fourth-order valence-corrected chi connectivity index (χ4v) is 1.09. The molecule has 0 fully saturated rings. The number of hydrogen-bond donors (Lipinski definition) is 3. The number of rotatable bonds is 5. The standard InChI is InChI=1S/C7H13NO6S/c1-4(15(2,13)14)6(10)8-3-5(9)7(11)12/h4-5,9H,3H2,1-2H3,(H,8,10)(H,11,12). The summed E-state index contributed by atoms with van der Waals surface area (Å²) in [7, 11) is -3.51. The minimum absolute atomic E-state index is 0.520. The molecule has 3 N–H and O–H groups in total. The van der Waals surface area contributed by atoms with Crippen LogP contribution in [0.25, 0.3) is 0 Å². The number of hydrogen-bond acceptors (Lipinski definition) is 5. The second-order valence-corrected chi connectivity index (χ2v) is 5.44. The van der Waals surface area contributed by atoms with Crippen LogP contribution >= 0.6 is 0 Å². The van der Waals surface area contributed by atoms with E-state index in [1.165, 1.54) is 6.92 Å². The maximum absolute atomic E-state index is 11.1. The molecule has 0 rings (SSSR count). The Morgan fingerprint density at radius 1 is 1.40 bits per heavy atom. The SMILES string of the molecule is CC(C(=O)NCC(O)C(=O)O)S(C)(=O)=O.